The monoisotopic (exact) mass is 343 g/mol. The van der Waals surface area contributed by atoms with Gasteiger partial charge in [-0.05, 0) is 44.9 Å². The van der Waals surface area contributed by atoms with Gasteiger partial charge in [0.05, 0.1) is 6.04 Å². The molecule has 0 aliphatic rings. The zero-order valence-corrected chi connectivity index (χ0v) is 14.3. The minimum atomic E-state index is -0.205. The van der Waals surface area contributed by atoms with Crippen molar-refractivity contribution in [3.8, 4) is 0 Å². The van der Waals surface area contributed by atoms with Gasteiger partial charge < -0.3 is 14.8 Å². The van der Waals surface area contributed by atoms with Crippen LogP contribution in [0.1, 0.15) is 32.8 Å². The van der Waals surface area contributed by atoms with E-state index in [0.717, 1.165) is 23.9 Å². The number of hydrogen-bond acceptors (Lipinski definition) is 3. The standard InChI is InChI=1S/C16H26BrNO2/c1-4-11-18-15(16(19-5-2)20-6-3)12-13-9-7-8-10-14(13)17/h7-10,15-16,18H,4-6,11-12H2,1-3H3. The number of ether oxygens (including phenoxy) is 2. The Bertz CT molecular complexity index is 367. The molecule has 4 heteroatoms. The van der Waals surface area contributed by atoms with Gasteiger partial charge in [-0.25, -0.2) is 0 Å². The van der Waals surface area contributed by atoms with Gasteiger partial charge in [0.2, 0.25) is 0 Å². The summed E-state index contributed by atoms with van der Waals surface area (Å²) in [6.45, 7) is 8.45. The van der Waals surface area contributed by atoms with E-state index < -0.39 is 0 Å². The van der Waals surface area contributed by atoms with Gasteiger partial charge in [-0.15, -0.1) is 0 Å². The van der Waals surface area contributed by atoms with Crippen LogP contribution in [0.25, 0.3) is 0 Å². The summed E-state index contributed by atoms with van der Waals surface area (Å²) in [4.78, 5) is 0. The molecular weight excluding hydrogens is 318 g/mol. The number of nitrogens with one attached hydrogen (secondary N) is 1. The highest BCUT2D eigenvalue weighted by atomic mass is 79.9. The molecule has 1 rings (SSSR count). The topological polar surface area (TPSA) is 30.5 Å². The fraction of sp³-hybridized carbons (Fsp3) is 0.625. The van der Waals surface area contributed by atoms with Crippen molar-refractivity contribution in [1.29, 1.82) is 0 Å². The van der Waals surface area contributed by atoms with Crippen molar-refractivity contribution >= 4 is 15.9 Å². The van der Waals surface area contributed by atoms with Crippen LogP contribution in [0.4, 0.5) is 0 Å². The first-order valence-corrected chi connectivity index (χ1v) is 8.22. The lowest BCUT2D eigenvalue weighted by Crippen LogP contribution is -2.45. The number of hydrogen-bond donors (Lipinski definition) is 1. The third-order valence-electron chi connectivity index (χ3n) is 3.04. The van der Waals surface area contributed by atoms with E-state index in [2.05, 4.69) is 46.4 Å². The summed E-state index contributed by atoms with van der Waals surface area (Å²) in [5.74, 6) is 0. The Balaban J connectivity index is 2.78. The fourth-order valence-electron chi connectivity index (χ4n) is 2.10. The van der Waals surface area contributed by atoms with E-state index in [1.54, 1.807) is 0 Å². The molecule has 0 aliphatic carbocycles. The van der Waals surface area contributed by atoms with Crippen LogP contribution in [0.3, 0.4) is 0 Å². The van der Waals surface area contributed by atoms with E-state index in [0.29, 0.717) is 13.2 Å². The molecule has 1 atom stereocenters. The van der Waals surface area contributed by atoms with Crippen LogP contribution in [-0.4, -0.2) is 32.1 Å². The van der Waals surface area contributed by atoms with E-state index in [-0.39, 0.29) is 12.3 Å². The quantitative estimate of drug-likeness (QED) is 0.656. The summed E-state index contributed by atoms with van der Waals surface area (Å²) in [7, 11) is 0. The molecule has 0 radical (unpaired) electrons. The van der Waals surface area contributed by atoms with Crippen LogP contribution < -0.4 is 5.32 Å². The molecule has 1 N–H and O–H groups in total. The van der Waals surface area contributed by atoms with Gasteiger partial charge in [0.15, 0.2) is 6.29 Å². The zero-order valence-electron chi connectivity index (χ0n) is 12.7. The van der Waals surface area contributed by atoms with E-state index in [1.165, 1.54) is 5.56 Å². The van der Waals surface area contributed by atoms with Crippen LogP contribution >= 0.6 is 15.9 Å². The molecule has 0 saturated heterocycles. The number of halogens is 1. The Labute approximate surface area is 131 Å². The number of rotatable bonds is 10. The van der Waals surface area contributed by atoms with Crippen LogP contribution in [0.2, 0.25) is 0 Å². The Hall–Kier alpha value is -0.420. The molecule has 1 unspecified atom stereocenters. The molecule has 1 aromatic rings. The van der Waals surface area contributed by atoms with Gasteiger partial charge in [-0.3, -0.25) is 0 Å². The molecule has 0 aliphatic heterocycles. The lowest BCUT2D eigenvalue weighted by molar-refractivity contribution is -0.153. The average molecular weight is 344 g/mol. The molecule has 0 amide bonds. The molecule has 0 spiro atoms. The van der Waals surface area contributed by atoms with Crippen LogP contribution in [-0.2, 0) is 15.9 Å². The SMILES string of the molecule is CCCNC(Cc1ccccc1Br)C(OCC)OCC. The van der Waals surface area contributed by atoms with Gasteiger partial charge in [0.1, 0.15) is 0 Å². The van der Waals surface area contributed by atoms with Crippen molar-refractivity contribution in [2.75, 3.05) is 19.8 Å². The molecule has 0 fully saturated rings. The second kappa shape index (κ2) is 10.3. The second-order valence-corrected chi connectivity index (χ2v) is 5.49. The first-order chi connectivity index (χ1) is 9.72. The van der Waals surface area contributed by atoms with Crippen molar-refractivity contribution in [3.63, 3.8) is 0 Å². The highest BCUT2D eigenvalue weighted by Gasteiger charge is 2.22. The predicted molar refractivity (Wildman–Crippen MR) is 87.0 cm³/mol. The van der Waals surface area contributed by atoms with E-state index in [9.17, 15) is 0 Å². The van der Waals surface area contributed by atoms with Gasteiger partial charge in [0.25, 0.3) is 0 Å². The normalized spacial score (nSPS) is 12.8. The number of benzene rings is 1. The minimum Gasteiger partial charge on any atom is -0.351 e. The molecule has 3 nitrogen and oxygen atoms in total. The molecule has 0 aromatic heterocycles. The summed E-state index contributed by atoms with van der Waals surface area (Å²) in [5, 5.41) is 3.54. The maximum absolute atomic E-state index is 5.75. The van der Waals surface area contributed by atoms with Gasteiger partial charge in [-0.1, -0.05) is 41.1 Å². The van der Waals surface area contributed by atoms with E-state index in [1.807, 2.05) is 19.9 Å². The lowest BCUT2D eigenvalue weighted by Gasteiger charge is -2.28. The van der Waals surface area contributed by atoms with Crippen LogP contribution in [0.15, 0.2) is 28.7 Å². The second-order valence-electron chi connectivity index (χ2n) is 4.64. The summed E-state index contributed by atoms with van der Waals surface area (Å²) in [6, 6.07) is 8.47. The average Bonchev–Trinajstić information content (AvgIpc) is 2.45. The molecule has 1 aromatic carbocycles. The third-order valence-corrected chi connectivity index (χ3v) is 3.82. The van der Waals surface area contributed by atoms with E-state index in [4.69, 9.17) is 9.47 Å². The summed E-state index contributed by atoms with van der Waals surface area (Å²) in [6.07, 6.45) is 1.77. The maximum atomic E-state index is 5.75. The van der Waals surface area contributed by atoms with Crippen LogP contribution in [0.5, 0.6) is 0 Å². The largest absolute Gasteiger partial charge is 0.351 e. The van der Waals surface area contributed by atoms with Crippen molar-refractivity contribution in [3.05, 3.63) is 34.3 Å². The fourth-order valence-corrected chi connectivity index (χ4v) is 2.55. The molecular formula is C16H26BrNO2. The highest BCUT2D eigenvalue weighted by molar-refractivity contribution is 9.10. The van der Waals surface area contributed by atoms with Crippen molar-refractivity contribution in [2.24, 2.45) is 0 Å². The predicted octanol–water partition coefficient (Wildman–Crippen LogP) is 3.76. The Morgan fingerprint density at radius 2 is 1.75 bits per heavy atom. The first-order valence-electron chi connectivity index (χ1n) is 7.42. The van der Waals surface area contributed by atoms with Crippen molar-refractivity contribution in [2.45, 2.75) is 45.9 Å². The third kappa shape index (κ3) is 5.92. The maximum Gasteiger partial charge on any atom is 0.172 e. The van der Waals surface area contributed by atoms with Gasteiger partial charge >= 0.3 is 0 Å². The minimum absolute atomic E-state index is 0.161. The molecule has 0 bridgehead atoms. The molecule has 0 heterocycles. The van der Waals surface area contributed by atoms with Crippen molar-refractivity contribution < 1.29 is 9.47 Å². The Morgan fingerprint density at radius 3 is 2.30 bits per heavy atom. The summed E-state index contributed by atoms with van der Waals surface area (Å²) in [5.41, 5.74) is 1.27. The highest BCUT2D eigenvalue weighted by Crippen LogP contribution is 2.19. The molecule has 0 saturated carbocycles. The molecule has 20 heavy (non-hydrogen) atoms. The molecule has 114 valence electrons. The Kier molecular flexibility index (Phi) is 9.10. The van der Waals surface area contributed by atoms with Gasteiger partial charge in [0, 0.05) is 17.7 Å². The van der Waals surface area contributed by atoms with E-state index >= 15 is 0 Å². The smallest absolute Gasteiger partial charge is 0.172 e. The Morgan fingerprint density at radius 1 is 1.10 bits per heavy atom. The van der Waals surface area contributed by atoms with Crippen LogP contribution in [0, 0.1) is 0 Å². The first kappa shape index (κ1) is 17.6. The lowest BCUT2D eigenvalue weighted by atomic mass is 10.1. The van der Waals surface area contributed by atoms with Gasteiger partial charge in [-0.2, -0.15) is 0 Å². The summed E-state index contributed by atoms with van der Waals surface area (Å²) >= 11 is 3.61. The summed E-state index contributed by atoms with van der Waals surface area (Å²) < 4.78 is 12.6. The van der Waals surface area contributed by atoms with Crippen molar-refractivity contribution in [1.82, 2.24) is 5.32 Å². The zero-order chi connectivity index (χ0) is 14.8.